The van der Waals surface area contributed by atoms with Crippen LogP contribution in [-0.4, -0.2) is 13.1 Å². The van der Waals surface area contributed by atoms with E-state index >= 15 is 0 Å². The summed E-state index contributed by atoms with van der Waals surface area (Å²) in [7, 11) is 0. The van der Waals surface area contributed by atoms with Crippen molar-refractivity contribution in [2.24, 2.45) is 0 Å². The molecule has 5 heteroatoms. The van der Waals surface area contributed by atoms with E-state index in [1.165, 1.54) is 0 Å². The Hall–Kier alpha value is 0.960. The van der Waals surface area contributed by atoms with Crippen LogP contribution >= 0.6 is 56.8 Å². The van der Waals surface area contributed by atoms with Gasteiger partial charge in [-0.05, 0) is 45.2 Å². The Bertz CT molecular complexity index is 131. The number of carbonyl (C=O) groups is 1. The molecule has 0 radical (unpaired) electrons. The third-order valence-corrected chi connectivity index (χ3v) is 3.56. The van der Waals surface area contributed by atoms with E-state index in [-0.39, 0.29) is 6.61 Å². The highest BCUT2D eigenvalue weighted by Crippen LogP contribution is 2.22. The fourth-order valence-corrected chi connectivity index (χ4v) is 0.552. The fourth-order valence-electron chi connectivity index (χ4n) is 0.162. The van der Waals surface area contributed by atoms with Gasteiger partial charge in [0.15, 0.2) is 0 Å². The zero-order chi connectivity index (χ0) is 7.28. The first-order valence-electron chi connectivity index (χ1n) is 1.93. The van der Waals surface area contributed by atoms with Crippen LogP contribution in [0.3, 0.4) is 0 Å². The predicted octanol–water partition coefficient (Wildman–Crippen LogP) is 2.44. The summed E-state index contributed by atoms with van der Waals surface area (Å²) < 4.78 is 5.89. The molecule has 0 saturated heterocycles. The largest absolute Gasteiger partial charge is 0.462 e. The molecule has 0 rings (SSSR count). The van der Waals surface area contributed by atoms with Gasteiger partial charge in [0.25, 0.3) is 6.47 Å². The van der Waals surface area contributed by atoms with E-state index in [1.807, 2.05) is 45.2 Å². The van der Waals surface area contributed by atoms with Crippen molar-refractivity contribution in [3.63, 3.8) is 0 Å². The van der Waals surface area contributed by atoms with Crippen molar-refractivity contribution in [3.8, 4) is 0 Å². The van der Waals surface area contributed by atoms with Crippen LogP contribution in [0.2, 0.25) is 0 Å². The van der Waals surface area contributed by atoms with E-state index in [0.717, 1.165) is 3.58 Å². The molecule has 0 heterocycles. The average Bonchev–Trinajstić information content (AvgIpc) is 1.82. The Balaban J connectivity index is 3.62. The lowest BCUT2D eigenvalue weighted by atomic mass is 10.7. The van der Waals surface area contributed by atoms with E-state index in [2.05, 4.69) is 4.74 Å². The molecule has 0 fully saturated rings. The molecular weight excluding hydrogens is 369 g/mol. The van der Waals surface area contributed by atoms with Crippen LogP contribution in [-0.2, 0) is 9.53 Å². The molecule has 0 atom stereocenters. The number of halogens is 3. The second kappa shape index (κ2) is 5.72. The van der Waals surface area contributed by atoms with Gasteiger partial charge in [0.1, 0.15) is 6.61 Å². The lowest BCUT2D eigenvalue weighted by molar-refractivity contribution is -0.127. The molecule has 0 spiro atoms. The van der Waals surface area contributed by atoms with Crippen molar-refractivity contribution in [2.75, 3.05) is 6.61 Å². The van der Waals surface area contributed by atoms with Gasteiger partial charge >= 0.3 is 0 Å². The number of rotatable bonds is 3. The highest BCUT2D eigenvalue weighted by atomic mass is 127. The average molecular weight is 372 g/mol. The Morgan fingerprint density at radius 3 is 2.56 bits per heavy atom. The standard InChI is InChI=1S/C4H3ClI2O2/c5-4(7)3(6)1-9-2-8/h2H,1H2. The molecule has 0 amide bonds. The van der Waals surface area contributed by atoms with Crippen LogP contribution in [0.1, 0.15) is 0 Å². The molecule has 0 aliphatic heterocycles. The maximum absolute atomic E-state index is 9.64. The molecule has 0 aromatic rings. The summed E-state index contributed by atoms with van der Waals surface area (Å²) in [5.74, 6) is 0. The van der Waals surface area contributed by atoms with E-state index < -0.39 is 0 Å². The van der Waals surface area contributed by atoms with E-state index in [9.17, 15) is 4.79 Å². The first kappa shape index (κ1) is 9.96. The van der Waals surface area contributed by atoms with Crippen molar-refractivity contribution in [1.82, 2.24) is 0 Å². The van der Waals surface area contributed by atoms with Gasteiger partial charge in [-0.1, -0.05) is 11.6 Å². The van der Waals surface area contributed by atoms with E-state index in [1.54, 1.807) is 0 Å². The molecule has 0 unspecified atom stereocenters. The molecule has 0 N–H and O–H groups in total. The van der Waals surface area contributed by atoms with Crippen LogP contribution in [0.5, 0.6) is 0 Å². The molecule has 0 aromatic carbocycles. The number of carbonyl (C=O) groups excluding carboxylic acids is 1. The van der Waals surface area contributed by atoms with Crippen LogP contribution in [0.25, 0.3) is 0 Å². The zero-order valence-corrected chi connectivity index (χ0v) is 9.31. The van der Waals surface area contributed by atoms with Crippen molar-refractivity contribution < 1.29 is 9.53 Å². The minimum Gasteiger partial charge on any atom is -0.462 e. The molecule has 0 saturated carbocycles. The first-order valence-corrected chi connectivity index (χ1v) is 4.47. The Morgan fingerprint density at radius 1 is 1.67 bits per heavy atom. The van der Waals surface area contributed by atoms with Gasteiger partial charge in [-0.15, -0.1) is 0 Å². The van der Waals surface area contributed by atoms with Crippen molar-refractivity contribution in [3.05, 3.63) is 6.62 Å². The predicted molar refractivity (Wildman–Crippen MR) is 52.9 cm³/mol. The van der Waals surface area contributed by atoms with Crippen molar-refractivity contribution >= 4 is 63.3 Å². The highest BCUT2D eigenvalue weighted by molar-refractivity contribution is 14.1. The topological polar surface area (TPSA) is 26.3 Å². The number of hydrogen-bond acceptors (Lipinski definition) is 2. The van der Waals surface area contributed by atoms with Crippen molar-refractivity contribution in [2.45, 2.75) is 0 Å². The zero-order valence-electron chi connectivity index (χ0n) is 4.23. The van der Waals surface area contributed by atoms with Crippen LogP contribution in [0.15, 0.2) is 6.62 Å². The molecule has 9 heavy (non-hydrogen) atoms. The van der Waals surface area contributed by atoms with Gasteiger partial charge in [0.2, 0.25) is 0 Å². The third-order valence-electron chi connectivity index (χ3n) is 0.483. The summed E-state index contributed by atoms with van der Waals surface area (Å²) >= 11 is 9.49. The second-order valence-electron chi connectivity index (χ2n) is 1.07. The highest BCUT2D eigenvalue weighted by Gasteiger charge is 1.95. The lowest BCUT2D eigenvalue weighted by Crippen LogP contribution is -1.90. The summed E-state index contributed by atoms with van der Waals surface area (Å²) in [6.07, 6.45) is 0. The summed E-state index contributed by atoms with van der Waals surface area (Å²) in [6, 6.07) is 0. The molecule has 0 bridgehead atoms. The van der Waals surface area contributed by atoms with E-state index in [4.69, 9.17) is 11.6 Å². The normalized spacial score (nSPS) is 12.3. The monoisotopic (exact) mass is 372 g/mol. The summed E-state index contributed by atoms with van der Waals surface area (Å²) in [4.78, 5) is 9.64. The molecular formula is C4H3ClI2O2. The number of ether oxygens (including phenoxy) is 1. The van der Waals surface area contributed by atoms with Gasteiger partial charge in [0, 0.05) is 0 Å². The van der Waals surface area contributed by atoms with Gasteiger partial charge in [0.05, 0.1) is 6.62 Å². The van der Waals surface area contributed by atoms with Crippen molar-refractivity contribution in [1.29, 1.82) is 0 Å². The Labute approximate surface area is 85.2 Å². The van der Waals surface area contributed by atoms with Gasteiger partial charge in [-0.25, -0.2) is 0 Å². The van der Waals surface area contributed by atoms with E-state index in [0.29, 0.717) is 9.51 Å². The molecule has 52 valence electrons. The third kappa shape index (κ3) is 5.41. The molecule has 0 aliphatic rings. The second-order valence-corrected chi connectivity index (χ2v) is 4.47. The summed E-state index contributed by atoms with van der Waals surface area (Å²) in [5, 5.41) is 0. The van der Waals surface area contributed by atoms with Crippen LogP contribution in [0.4, 0.5) is 0 Å². The Kier molecular flexibility index (Phi) is 6.33. The van der Waals surface area contributed by atoms with Gasteiger partial charge in [-0.2, -0.15) is 0 Å². The maximum Gasteiger partial charge on any atom is 0.293 e. The molecule has 0 aromatic heterocycles. The minimum atomic E-state index is 0.270. The molecule has 2 nitrogen and oxygen atoms in total. The Morgan fingerprint density at radius 2 is 2.22 bits per heavy atom. The van der Waals surface area contributed by atoms with Gasteiger partial charge in [-0.3, -0.25) is 4.79 Å². The first-order chi connectivity index (χ1) is 4.18. The van der Waals surface area contributed by atoms with Crippen LogP contribution < -0.4 is 0 Å². The maximum atomic E-state index is 9.64. The number of hydrogen-bond donors (Lipinski definition) is 0. The quantitative estimate of drug-likeness (QED) is 0.562. The minimum absolute atomic E-state index is 0.270. The lowest BCUT2D eigenvalue weighted by Gasteiger charge is -1.95. The molecule has 0 aliphatic carbocycles. The smallest absolute Gasteiger partial charge is 0.293 e. The summed E-state index contributed by atoms with van der Waals surface area (Å²) in [6.45, 7) is 0.668. The fraction of sp³-hybridized carbons (Fsp3) is 0.250. The van der Waals surface area contributed by atoms with Gasteiger partial charge < -0.3 is 4.74 Å². The summed E-state index contributed by atoms with van der Waals surface area (Å²) in [5.41, 5.74) is 0. The SMILES string of the molecule is O=COCC(I)=C(Cl)I. The van der Waals surface area contributed by atoms with Crippen LogP contribution in [0, 0.1) is 0 Å².